The number of nitrogens with zero attached hydrogens (tertiary/aromatic N) is 1. The van der Waals surface area contributed by atoms with Crippen molar-refractivity contribution in [3.05, 3.63) is 66.7 Å². The molecule has 1 aliphatic heterocycles. The van der Waals surface area contributed by atoms with Crippen molar-refractivity contribution in [2.75, 3.05) is 19.0 Å². The lowest BCUT2D eigenvalue weighted by molar-refractivity contribution is -0.131. The highest BCUT2D eigenvalue weighted by Gasteiger charge is 2.29. The van der Waals surface area contributed by atoms with Gasteiger partial charge in [-0.3, -0.25) is 9.59 Å². The van der Waals surface area contributed by atoms with Crippen molar-refractivity contribution in [2.45, 2.75) is 23.1 Å². The van der Waals surface area contributed by atoms with Crippen LogP contribution in [0.15, 0.2) is 66.1 Å². The van der Waals surface area contributed by atoms with E-state index in [-0.39, 0.29) is 18.2 Å². The number of thioether (sulfide) groups is 1. The van der Waals surface area contributed by atoms with Crippen LogP contribution in [0.3, 0.4) is 0 Å². The van der Waals surface area contributed by atoms with Gasteiger partial charge in [0.15, 0.2) is 0 Å². The summed E-state index contributed by atoms with van der Waals surface area (Å²) in [5.74, 6) is 0.583. The molecule has 0 aromatic heterocycles. The Balaban J connectivity index is 1.56. The summed E-state index contributed by atoms with van der Waals surface area (Å²) in [4.78, 5) is 27.5. The number of fused-ring (bicyclic) bond motifs is 1. The highest BCUT2D eigenvalue weighted by atomic mass is 32.2. The standard InChI is InChI=1S/C21H22N2O3S/c1-3-12-26-16-10-8-15(9-11-16)14-23(2)20(24)13-19-21(25)22-17-6-4-5-7-18(17)27-19/h3-11,19H,1,12-14H2,2H3,(H,22,25)/t19-/m1/s1. The molecule has 0 spiro atoms. The molecule has 0 saturated heterocycles. The molecule has 140 valence electrons. The van der Waals surface area contributed by atoms with Gasteiger partial charge in [0.2, 0.25) is 11.8 Å². The number of nitrogens with one attached hydrogen (secondary N) is 1. The Hall–Kier alpha value is -2.73. The second kappa shape index (κ2) is 8.77. The highest BCUT2D eigenvalue weighted by Crippen LogP contribution is 2.36. The van der Waals surface area contributed by atoms with Crippen molar-refractivity contribution >= 4 is 29.3 Å². The number of rotatable bonds is 7. The van der Waals surface area contributed by atoms with E-state index in [9.17, 15) is 9.59 Å². The second-order valence-corrected chi connectivity index (χ2v) is 7.53. The van der Waals surface area contributed by atoms with Gasteiger partial charge in [0.25, 0.3) is 0 Å². The van der Waals surface area contributed by atoms with E-state index in [4.69, 9.17) is 4.74 Å². The lowest BCUT2D eigenvalue weighted by Gasteiger charge is -2.25. The summed E-state index contributed by atoms with van der Waals surface area (Å²) in [6.07, 6.45) is 1.86. The quantitative estimate of drug-likeness (QED) is 0.742. The van der Waals surface area contributed by atoms with E-state index in [1.807, 2.05) is 48.5 Å². The van der Waals surface area contributed by atoms with Crippen molar-refractivity contribution in [1.29, 1.82) is 0 Å². The predicted octanol–water partition coefficient (Wildman–Crippen LogP) is 3.71. The van der Waals surface area contributed by atoms with Gasteiger partial charge in [0.1, 0.15) is 12.4 Å². The van der Waals surface area contributed by atoms with Crippen LogP contribution >= 0.6 is 11.8 Å². The summed E-state index contributed by atoms with van der Waals surface area (Å²) >= 11 is 1.44. The van der Waals surface area contributed by atoms with Gasteiger partial charge >= 0.3 is 0 Å². The summed E-state index contributed by atoms with van der Waals surface area (Å²) in [6, 6.07) is 15.2. The third-order valence-corrected chi connectivity index (χ3v) is 5.48. The maximum absolute atomic E-state index is 12.6. The molecule has 2 aromatic rings. The number of para-hydroxylation sites is 1. The number of hydrogen-bond acceptors (Lipinski definition) is 4. The SMILES string of the molecule is C=CCOc1ccc(CN(C)C(=O)C[C@H]2Sc3ccccc3NC2=O)cc1. The molecule has 0 bridgehead atoms. The van der Waals surface area contributed by atoms with Crippen molar-refractivity contribution in [2.24, 2.45) is 0 Å². The van der Waals surface area contributed by atoms with Gasteiger partial charge in [-0.25, -0.2) is 0 Å². The van der Waals surface area contributed by atoms with E-state index in [2.05, 4.69) is 11.9 Å². The van der Waals surface area contributed by atoms with Gasteiger partial charge in [0, 0.05) is 24.9 Å². The average molecular weight is 382 g/mol. The fourth-order valence-corrected chi connectivity index (χ4v) is 3.85. The Bertz CT molecular complexity index is 836. The van der Waals surface area contributed by atoms with E-state index in [0.717, 1.165) is 21.9 Å². The van der Waals surface area contributed by atoms with Gasteiger partial charge < -0.3 is 15.0 Å². The fourth-order valence-electron chi connectivity index (χ4n) is 2.75. The first-order valence-corrected chi connectivity index (χ1v) is 9.58. The summed E-state index contributed by atoms with van der Waals surface area (Å²) < 4.78 is 5.46. The third kappa shape index (κ3) is 4.92. The first-order valence-electron chi connectivity index (χ1n) is 8.70. The molecule has 0 radical (unpaired) electrons. The van der Waals surface area contributed by atoms with Gasteiger partial charge in [-0.2, -0.15) is 0 Å². The Morgan fingerprint density at radius 1 is 1.26 bits per heavy atom. The Morgan fingerprint density at radius 3 is 2.74 bits per heavy atom. The molecular weight excluding hydrogens is 360 g/mol. The van der Waals surface area contributed by atoms with Crippen molar-refractivity contribution in [3.63, 3.8) is 0 Å². The minimum atomic E-state index is -0.412. The van der Waals surface area contributed by atoms with Crippen LogP contribution in [0.5, 0.6) is 5.75 Å². The normalized spacial score (nSPS) is 15.4. The van der Waals surface area contributed by atoms with Crippen molar-refractivity contribution in [3.8, 4) is 5.75 Å². The van der Waals surface area contributed by atoms with Gasteiger partial charge in [-0.15, -0.1) is 11.8 Å². The van der Waals surface area contributed by atoms with Crippen LogP contribution in [0, 0.1) is 0 Å². The van der Waals surface area contributed by atoms with Gasteiger partial charge in [-0.1, -0.05) is 36.9 Å². The maximum Gasteiger partial charge on any atom is 0.238 e. The summed E-state index contributed by atoms with van der Waals surface area (Å²) in [5, 5.41) is 2.46. The zero-order valence-electron chi connectivity index (χ0n) is 15.2. The lowest BCUT2D eigenvalue weighted by atomic mass is 10.2. The van der Waals surface area contributed by atoms with Crippen LogP contribution in [0.25, 0.3) is 0 Å². The molecule has 5 nitrogen and oxygen atoms in total. The number of anilines is 1. The first kappa shape index (κ1) is 19.0. The molecule has 3 rings (SSSR count). The molecular formula is C21H22N2O3S. The number of ether oxygens (including phenoxy) is 1. The predicted molar refractivity (Wildman–Crippen MR) is 108 cm³/mol. The van der Waals surface area contributed by atoms with Crippen LogP contribution in [0.1, 0.15) is 12.0 Å². The monoisotopic (exact) mass is 382 g/mol. The van der Waals surface area contributed by atoms with E-state index < -0.39 is 5.25 Å². The molecule has 1 atom stereocenters. The number of carbonyl (C=O) groups excluding carboxylic acids is 2. The maximum atomic E-state index is 12.6. The molecule has 2 amide bonds. The average Bonchev–Trinajstić information content (AvgIpc) is 2.68. The molecule has 0 saturated carbocycles. The van der Waals surface area contributed by atoms with Crippen molar-refractivity contribution in [1.82, 2.24) is 4.90 Å². The first-order chi connectivity index (χ1) is 13.1. The topological polar surface area (TPSA) is 58.6 Å². The largest absolute Gasteiger partial charge is 0.490 e. The number of hydrogen-bond donors (Lipinski definition) is 1. The molecule has 1 heterocycles. The highest BCUT2D eigenvalue weighted by molar-refractivity contribution is 8.01. The van der Waals surface area contributed by atoms with E-state index in [1.54, 1.807) is 18.0 Å². The lowest BCUT2D eigenvalue weighted by Crippen LogP contribution is -2.35. The van der Waals surface area contributed by atoms with E-state index in [0.29, 0.717) is 13.2 Å². The molecule has 1 N–H and O–H groups in total. The molecule has 0 fully saturated rings. The van der Waals surface area contributed by atoms with Crippen LogP contribution in [-0.4, -0.2) is 35.6 Å². The van der Waals surface area contributed by atoms with E-state index in [1.165, 1.54) is 11.8 Å². The zero-order valence-corrected chi connectivity index (χ0v) is 16.0. The van der Waals surface area contributed by atoms with E-state index >= 15 is 0 Å². The number of amides is 2. The van der Waals surface area contributed by atoms with Crippen LogP contribution in [0.4, 0.5) is 5.69 Å². The molecule has 0 aliphatic carbocycles. The summed E-state index contributed by atoms with van der Waals surface area (Å²) in [6.45, 7) is 4.56. The minimum Gasteiger partial charge on any atom is -0.490 e. The Morgan fingerprint density at radius 2 is 2.00 bits per heavy atom. The molecule has 0 unspecified atom stereocenters. The third-order valence-electron chi connectivity index (χ3n) is 4.20. The summed E-state index contributed by atoms with van der Waals surface area (Å²) in [5.41, 5.74) is 1.81. The smallest absolute Gasteiger partial charge is 0.238 e. The second-order valence-electron chi connectivity index (χ2n) is 6.29. The Kier molecular flexibility index (Phi) is 6.19. The van der Waals surface area contributed by atoms with Crippen molar-refractivity contribution < 1.29 is 14.3 Å². The number of carbonyl (C=O) groups is 2. The van der Waals surface area contributed by atoms with Crippen LogP contribution in [-0.2, 0) is 16.1 Å². The molecule has 27 heavy (non-hydrogen) atoms. The molecule has 6 heteroatoms. The van der Waals surface area contributed by atoms with Crippen LogP contribution in [0.2, 0.25) is 0 Å². The Labute approximate surface area is 163 Å². The molecule has 1 aliphatic rings. The summed E-state index contributed by atoms with van der Waals surface area (Å²) in [7, 11) is 1.75. The van der Waals surface area contributed by atoms with Gasteiger partial charge in [0.05, 0.1) is 10.9 Å². The van der Waals surface area contributed by atoms with Crippen LogP contribution < -0.4 is 10.1 Å². The minimum absolute atomic E-state index is 0.0611. The number of benzene rings is 2. The fraction of sp³-hybridized carbons (Fsp3) is 0.238. The molecule has 2 aromatic carbocycles. The van der Waals surface area contributed by atoms with Gasteiger partial charge in [-0.05, 0) is 29.8 Å². The zero-order chi connectivity index (χ0) is 19.2.